The lowest BCUT2D eigenvalue weighted by atomic mass is 10.1. The molecule has 0 aliphatic rings. The van der Waals surface area contributed by atoms with Gasteiger partial charge in [-0.05, 0) is 23.3 Å². The highest BCUT2D eigenvalue weighted by Gasteiger charge is 2.04. The van der Waals surface area contributed by atoms with Crippen LogP contribution in [0.2, 0.25) is 0 Å². The van der Waals surface area contributed by atoms with Crippen molar-refractivity contribution in [3.63, 3.8) is 0 Å². The second kappa shape index (κ2) is 7.70. The topological polar surface area (TPSA) is 30.5 Å². The summed E-state index contributed by atoms with van der Waals surface area (Å²) in [6.07, 6.45) is 0. The van der Waals surface area contributed by atoms with E-state index in [4.69, 9.17) is 9.47 Å². The Bertz CT molecular complexity index is 567. The molecule has 0 unspecified atom stereocenters. The van der Waals surface area contributed by atoms with Gasteiger partial charge in [-0.1, -0.05) is 44.2 Å². The summed E-state index contributed by atoms with van der Waals surface area (Å²) < 4.78 is 11.1. The highest BCUT2D eigenvalue weighted by molar-refractivity contribution is 5.33. The summed E-state index contributed by atoms with van der Waals surface area (Å²) in [5.74, 6) is 1.63. The fraction of sp³-hybridized carbons (Fsp3) is 0.333. The Hall–Kier alpha value is -2.00. The molecule has 0 radical (unpaired) electrons. The van der Waals surface area contributed by atoms with Gasteiger partial charge in [-0.25, -0.2) is 0 Å². The zero-order chi connectivity index (χ0) is 15.1. The molecule has 0 heterocycles. The molecule has 3 nitrogen and oxygen atoms in total. The van der Waals surface area contributed by atoms with Crippen LogP contribution in [0.25, 0.3) is 0 Å². The molecule has 0 saturated carbocycles. The van der Waals surface area contributed by atoms with E-state index in [2.05, 4.69) is 37.4 Å². The van der Waals surface area contributed by atoms with Crippen LogP contribution in [0.5, 0.6) is 11.5 Å². The molecule has 1 N–H and O–H groups in total. The van der Waals surface area contributed by atoms with Gasteiger partial charge in [0.15, 0.2) is 0 Å². The van der Waals surface area contributed by atoms with E-state index in [0.717, 1.165) is 18.0 Å². The fourth-order valence-electron chi connectivity index (χ4n) is 2.04. The molecule has 21 heavy (non-hydrogen) atoms. The second-order valence-electron chi connectivity index (χ2n) is 5.27. The van der Waals surface area contributed by atoms with Crippen molar-refractivity contribution in [2.45, 2.75) is 33.0 Å². The zero-order valence-corrected chi connectivity index (χ0v) is 12.9. The lowest BCUT2D eigenvalue weighted by Gasteiger charge is -2.13. The van der Waals surface area contributed by atoms with Crippen LogP contribution in [0, 0.1) is 0 Å². The normalized spacial score (nSPS) is 10.7. The number of nitrogens with one attached hydrogen (secondary N) is 1. The van der Waals surface area contributed by atoms with Crippen molar-refractivity contribution in [3.8, 4) is 11.5 Å². The van der Waals surface area contributed by atoms with Crippen molar-refractivity contribution in [2.24, 2.45) is 0 Å². The Morgan fingerprint density at radius 1 is 0.952 bits per heavy atom. The first-order chi connectivity index (χ1) is 10.2. The van der Waals surface area contributed by atoms with Gasteiger partial charge in [0, 0.05) is 18.7 Å². The van der Waals surface area contributed by atoms with Gasteiger partial charge in [-0.3, -0.25) is 0 Å². The maximum atomic E-state index is 5.87. The van der Waals surface area contributed by atoms with E-state index in [1.807, 2.05) is 30.3 Å². The summed E-state index contributed by atoms with van der Waals surface area (Å²) in [7, 11) is 1.66. The number of rotatable bonds is 7. The van der Waals surface area contributed by atoms with Crippen molar-refractivity contribution < 1.29 is 9.47 Å². The minimum absolute atomic E-state index is 0.470. The van der Waals surface area contributed by atoms with Crippen LogP contribution in [0.3, 0.4) is 0 Å². The largest absolute Gasteiger partial charge is 0.497 e. The second-order valence-corrected chi connectivity index (χ2v) is 5.27. The Balaban J connectivity index is 2.02. The Morgan fingerprint density at radius 3 is 2.38 bits per heavy atom. The quantitative estimate of drug-likeness (QED) is 0.840. The van der Waals surface area contributed by atoms with Gasteiger partial charge >= 0.3 is 0 Å². The number of benzene rings is 2. The molecular formula is C18H23NO2. The molecule has 0 aliphatic heterocycles. The van der Waals surface area contributed by atoms with E-state index in [-0.39, 0.29) is 0 Å². The first kappa shape index (κ1) is 15.4. The Kier molecular flexibility index (Phi) is 5.64. The molecule has 112 valence electrons. The molecule has 2 aromatic carbocycles. The molecule has 3 heteroatoms. The van der Waals surface area contributed by atoms with Crippen molar-refractivity contribution in [3.05, 3.63) is 59.7 Å². The van der Waals surface area contributed by atoms with Gasteiger partial charge in [0.05, 0.1) is 7.11 Å². The predicted octanol–water partition coefficient (Wildman–Crippen LogP) is 3.77. The molecule has 0 spiro atoms. The van der Waals surface area contributed by atoms with Crippen molar-refractivity contribution >= 4 is 0 Å². The van der Waals surface area contributed by atoms with Crippen LogP contribution in [-0.2, 0) is 13.2 Å². The van der Waals surface area contributed by atoms with E-state index in [9.17, 15) is 0 Å². The summed E-state index contributed by atoms with van der Waals surface area (Å²) in [6.45, 7) is 5.71. The number of hydrogen-bond donors (Lipinski definition) is 1. The third-order valence-corrected chi connectivity index (χ3v) is 3.25. The van der Waals surface area contributed by atoms with Gasteiger partial charge in [0.1, 0.15) is 18.1 Å². The first-order valence-corrected chi connectivity index (χ1v) is 7.26. The average molecular weight is 285 g/mol. The fourth-order valence-corrected chi connectivity index (χ4v) is 2.04. The van der Waals surface area contributed by atoms with Crippen LogP contribution < -0.4 is 14.8 Å². The van der Waals surface area contributed by atoms with Gasteiger partial charge in [0.25, 0.3) is 0 Å². The number of methoxy groups -OCH3 is 1. The first-order valence-electron chi connectivity index (χ1n) is 7.26. The SMILES string of the molecule is COc1cccc(OCc2ccccc2CNC(C)C)c1. The van der Waals surface area contributed by atoms with Crippen molar-refractivity contribution in [1.29, 1.82) is 0 Å². The van der Waals surface area contributed by atoms with Crippen LogP contribution in [0.1, 0.15) is 25.0 Å². The summed E-state index contributed by atoms with van der Waals surface area (Å²) in [5, 5.41) is 3.44. The Labute approximate surface area is 126 Å². The smallest absolute Gasteiger partial charge is 0.123 e. The van der Waals surface area contributed by atoms with Crippen LogP contribution in [0.4, 0.5) is 0 Å². The lowest BCUT2D eigenvalue weighted by molar-refractivity contribution is 0.302. The summed E-state index contributed by atoms with van der Waals surface area (Å²) >= 11 is 0. The lowest BCUT2D eigenvalue weighted by Crippen LogP contribution is -2.22. The molecule has 2 rings (SSSR count). The average Bonchev–Trinajstić information content (AvgIpc) is 2.52. The van der Waals surface area contributed by atoms with E-state index < -0.39 is 0 Å². The summed E-state index contributed by atoms with van der Waals surface area (Å²) in [6, 6.07) is 16.5. The molecule has 0 bridgehead atoms. The molecule has 0 fully saturated rings. The standard InChI is InChI=1S/C18H23NO2/c1-14(2)19-12-15-7-4-5-8-16(15)13-21-18-10-6-9-17(11-18)20-3/h4-11,14,19H,12-13H2,1-3H3. The van der Waals surface area contributed by atoms with E-state index >= 15 is 0 Å². The minimum atomic E-state index is 0.470. The molecule has 0 amide bonds. The van der Waals surface area contributed by atoms with Gasteiger partial charge in [-0.2, -0.15) is 0 Å². The maximum absolute atomic E-state index is 5.87. The van der Waals surface area contributed by atoms with Gasteiger partial charge < -0.3 is 14.8 Å². The monoisotopic (exact) mass is 285 g/mol. The highest BCUT2D eigenvalue weighted by atomic mass is 16.5. The van der Waals surface area contributed by atoms with Crippen LogP contribution in [-0.4, -0.2) is 13.2 Å². The summed E-state index contributed by atoms with van der Waals surface area (Å²) in [5.41, 5.74) is 2.47. The third kappa shape index (κ3) is 4.80. The Morgan fingerprint density at radius 2 is 1.67 bits per heavy atom. The third-order valence-electron chi connectivity index (χ3n) is 3.25. The molecular weight excluding hydrogens is 262 g/mol. The van der Waals surface area contributed by atoms with Crippen LogP contribution >= 0.6 is 0 Å². The molecule has 2 aromatic rings. The minimum Gasteiger partial charge on any atom is -0.497 e. The molecule has 0 atom stereocenters. The van der Waals surface area contributed by atoms with Gasteiger partial charge in [0.2, 0.25) is 0 Å². The predicted molar refractivity (Wildman–Crippen MR) is 85.7 cm³/mol. The van der Waals surface area contributed by atoms with Crippen molar-refractivity contribution in [1.82, 2.24) is 5.32 Å². The number of ether oxygens (including phenoxy) is 2. The molecule has 0 aliphatic carbocycles. The maximum Gasteiger partial charge on any atom is 0.123 e. The van der Waals surface area contributed by atoms with E-state index in [1.54, 1.807) is 7.11 Å². The number of hydrogen-bond acceptors (Lipinski definition) is 3. The zero-order valence-electron chi connectivity index (χ0n) is 12.9. The molecule has 0 aromatic heterocycles. The van der Waals surface area contributed by atoms with E-state index in [1.165, 1.54) is 11.1 Å². The van der Waals surface area contributed by atoms with Gasteiger partial charge in [-0.15, -0.1) is 0 Å². The summed E-state index contributed by atoms with van der Waals surface area (Å²) in [4.78, 5) is 0. The van der Waals surface area contributed by atoms with Crippen molar-refractivity contribution in [2.75, 3.05) is 7.11 Å². The van der Waals surface area contributed by atoms with E-state index in [0.29, 0.717) is 12.6 Å². The van der Waals surface area contributed by atoms with Crippen LogP contribution in [0.15, 0.2) is 48.5 Å². The molecule has 0 saturated heterocycles. The highest BCUT2D eigenvalue weighted by Crippen LogP contribution is 2.20.